The molecule has 2 aliphatic rings. The van der Waals surface area contributed by atoms with E-state index in [2.05, 4.69) is 24.1 Å². The zero-order chi connectivity index (χ0) is 13.7. The molecule has 0 spiro atoms. The second-order valence-electron chi connectivity index (χ2n) is 6.89. The predicted molar refractivity (Wildman–Crippen MR) is 80.3 cm³/mol. The summed E-state index contributed by atoms with van der Waals surface area (Å²) in [4.78, 5) is 2.61. The van der Waals surface area contributed by atoms with Gasteiger partial charge in [0.25, 0.3) is 0 Å². The van der Waals surface area contributed by atoms with Gasteiger partial charge < -0.3 is 15.3 Å². The van der Waals surface area contributed by atoms with Crippen molar-refractivity contribution in [1.29, 1.82) is 0 Å². The number of likely N-dealkylation sites (tertiary alicyclic amines) is 1. The van der Waals surface area contributed by atoms with Gasteiger partial charge in [0.2, 0.25) is 0 Å². The molecule has 2 atom stereocenters. The summed E-state index contributed by atoms with van der Waals surface area (Å²) < 4.78 is 0. The van der Waals surface area contributed by atoms with Gasteiger partial charge in [0, 0.05) is 12.1 Å². The minimum absolute atomic E-state index is 0.291. The summed E-state index contributed by atoms with van der Waals surface area (Å²) in [6.45, 7) is 8.67. The second-order valence-corrected chi connectivity index (χ2v) is 6.89. The van der Waals surface area contributed by atoms with Gasteiger partial charge in [-0.05, 0) is 70.0 Å². The Labute approximate surface area is 118 Å². The summed E-state index contributed by atoms with van der Waals surface area (Å²) in [5.74, 6) is 1.75. The number of nitrogens with one attached hydrogen (secondary N) is 1. The summed E-state index contributed by atoms with van der Waals surface area (Å²) in [6.07, 6.45) is 7.81. The van der Waals surface area contributed by atoms with Crippen molar-refractivity contribution in [1.82, 2.24) is 10.2 Å². The number of aliphatic hydroxyl groups excluding tert-OH is 1. The van der Waals surface area contributed by atoms with Crippen molar-refractivity contribution in [3.63, 3.8) is 0 Å². The normalized spacial score (nSPS) is 27.5. The van der Waals surface area contributed by atoms with E-state index in [0.29, 0.717) is 18.7 Å². The van der Waals surface area contributed by atoms with Crippen LogP contribution in [-0.2, 0) is 0 Å². The van der Waals surface area contributed by atoms with Crippen LogP contribution in [0, 0.1) is 11.8 Å². The van der Waals surface area contributed by atoms with E-state index >= 15 is 0 Å². The molecule has 1 aliphatic heterocycles. The van der Waals surface area contributed by atoms with Gasteiger partial charge in [-0.3, -0.25) is 0 Å². The lowest BCUT2D eigenvalue weighted by molar-refractivity contribution is 0.205. The second kappa shape index (κ2) is 7.61. The molecule has 2 N–H and O–H groups in total. The Bertz CT molecular complexity index is 253. The molecule has 3 nitrogen and oxygen atoms in total. The smallest absolute Gasteiger partial charge is 0.0585 e. The SMILES string of the molecule is CC(C)C1CCCN(CCC(CO)NC2CC2)CC1. The Balaban J connectivity index is 1.66. The van der Waals surface area contributed by atoms with Crippen LogP contribution in [0.25, 0.3) is 0 Å². The molecular weight excluding hydrogens is 236 g/mol. The minimum atomic E-state index is 0.291. The van der Waals surface area contributed by atoms with Crippen LogP contribution in [0.5, 0.6) is 0 Å². The fourth-order valence-corrected chi connectivity index (χ4v) is 3.22. The molecule has 112 valence electrons. The first kappa shape index (κ1) is 15.3. The van der Waals surface area contributed by atoms with Crippen molar-refractivity contribution in [2.45, 2.75) is 64.5 Å². The molecule has 3 heteroatoms. The zero-order valence-electron chi connectivity index (χ0n) is 12.8. The summed E-state index contributed by atoms with van der Waals surface area (Å²) in [5, 5.41) is 13.0. The van der Waals surface area contributed by atoms with Crippen LogP contribution in [0.4, 0.5) is 0 Å². The van der Waals surface area contributed by atoms with E-state index in [1.54, 1.807) is 0 Å². The molecule has 1 saturated carbocycles. The van der Waals surface area contributed by atoms with Crippen molar-refractivity contribution in [3.05, 3.63) is 0 Å². The number of hydrogen-bond donors (Lipinski definition) is 2. The van der Waals surface area contributed by atoms with Crippen molar-refractivity contribution < 1.29 is 5.11 Å². The largest absolute Gasteiger partial charge is 0.395 e. The van der Waals surface area contributed by atoms with Crippen molar-refractivity contribution in [3.8, 4) is 0 Å². The summed E-state index contributed by atoms with van der Waals surface area (Å²) in [5.41, 5.74) is 0. The Hall–Kier alpha value is -0.120. The fraction of sp³-hybridized carbons (Fsp3) is 1.00. The molecule has 19 heavy (non-hydrogen) atoms. The van der Waals surface area contributed by atoms with Crippen LogP contribution in [0.15, 0.2) is 0 Å². The lowest BCUT2D eigenvalue weighted by Crippen LogP contribution is -2.38. The number of rotatable bonds is 7. The van der Waals surface area contributed by atoms with Gasteiger partial charge in [-0.25, -0.2) is 0 Å². The molecule has 0 aromatic rings. The highest BCUT2D eigenvalue weighted by atomic mass is 16.3. The average Bonchev–Trinajstić information content (AvgIpc) is 3.21. The van der Waals surface area contributed by atoms with Crippen molar-refractivity contribution in [2.75, 3.05) is 26.2 Å². The zero-order valence-corrected chi connectivity index (χ0v) is 12.8. The predicted octanol–water partition coefficient (Wildman–Crippen LogP) is 2.25. The maximum absolute atomic E-state index is 9.42. The standard InChI is InChI=1S/C16H32N2O/c1-13(2)14-4-3-9-18(10-7-14)11-8-16(12-19)17-15-5-6-15/h13-17,19H,3-12H2,1-2H3. The van der Waals surface area contributed by atoms with Gasteiger partial charge in [0.15, 0.2) is 0 Å². The number of nitrogens with zero attached hydrogens (tertiary/aromatic N) is 1. The van der Waals surface area contributed by atoms with Crippen LogP contribution in [-0.4, -0.2) is 48.3 Å². The van der Waals surface area contributed by atoms with Crippen molar-refractivity contribution >= 4 is 0 Å². The van der Waals surface area contributed by atoms with Crippen LogP contribution < -0.4 is 5.32 Å². The molecule has 1 saturated heterocycles. The molecule has 0 aromatic heterocycles. The molecule has 0 aromatic carbocycles. The highest BCUT2D eigenvalue weighted by Gasteiger charge is 2.25. The van der Waals surface area contributed by atoms with E-state index in [9.17, 15) is 5.11 Å². The molecule has 0 amide bonds. The molecule has 2 rings (SSSR count). The molecule has 0 radical (unpaired) electrons. The third-order valence-corrected chi connectivity index (χ3v) is 4.87. The Morgan fingerprint density at radius 2 is 1.95 bits per heavy atom. The number of hydrogen-bond acceptors (Lipinski definition) is 3. The van der Waals surface area contributed by atoms with Gasteiger partial charge in [-0.15, -0.1) is 0 Å². The Morgan fingerprint density at radius 1 is 1.16 bits per heavy atom. The summed E-state index contributed by atoms with van der Waals surface area (Å²) in [7, 11) is 0. The highest BCUT2D eigenvalue weighted by Crippen LogP contribution is 2.25. The topological polar surface area (TPSA) is 35.5 Å². The highest BCUT2D eigenvalue weighted by molar-refractivity contribution is 4.85. The first-order chi connectivity index (χ1) is 9.19. The van der Waals surface area contributed by atoms with Crippen molar-refractivity contribution in [2.24, 2.45) is 11.8 Å². The Kier molecular flexibility index (Phi) is 6.11. The molecule has 0 bridgehead atoms. The number of aliphatic hydroxyl groups is 1. The van der Waals surface area contributed by atoms with Gasteiger partial charge in [-0.2, -0.15) is 0 Å². The van der Waals surface area contributed by atoms with E-state index in [4.69, 9.17) is 0 Å². The average molecular weight is 268 g/mol. The van der Waals surface area contributed by atoms with E-state index in [1.807, 2.05) is 0 Å². The molecular formula is C16H32N2O. The van der Waals surface area contributed by atoms with Crippen LogP contribution in [0.3, 0.4) is 0 Å². The minimum Gasteiger partial charge on any atom is -0.395 e. The third kappa shape index (κ3) is 5.41. The maximum atomic E-state index is 9.42. The summed E-state index contributed by atoms with van der Waals surface area (Å²) in [6, 6.07) is 1.02. The molecule has 2 unspecified atom stereocenters. The third-order valence-electron chi connectivity index (χ3n) is 4.87. The van der Waals surface area contributed by atoms with Crippen LogP contribution >= 0.6 is 0 Å². The summed E-state index contributed by atoms with van der Waals surface area (Å²) >= 11 is 0. The first-order valence-electron chi connectivity index (χ1n) is 8.28. The Morgan fingerprint density at radius 3 is 2.58 bits per heavy atom. The molecule has 1 aliphatic carbocycles. The first-order valence-corrected chi connectivity index (χ1v) is 8.28. The monoisotopic (exact) mass is 268 g/mol. The van der Waals surface area contributed by atoms with Gasteiger partial charge >= 0.3 is 0 Å². The van der Waals surface area contributed by atoms with E-state index in [1.165, 1.54) is 45.2 Å². The van der Waals surface area contributed by atoms with E-state index in [0.717, 1.165) is 24.8 Å². The van der Waals surface area contributed by atoms with Gasteiger partial charge in [0.05, 0.1) is 6.61 Å². The van der Waals surface area contributed by atoms with Crippen LogP contribution in [0.2, 0.25) is 0 Å². The molecule has 2 fully saturated rings. The lowest BCUT2D eigenvalue weighted by Gasteiger charge is -2.24. The van der Waals surface area contributed by atoms with Crippen LogP contribution in [0.1, 0.15) is 52.4 Å². The van der Waals surface area contributed by atoms with E-state index < -0.39 is 0 Å². The van der Waals surface area contributed by atoms with Gasteiger partial charge in [0.1, 0.15) is 0 Å². The van der Waals surface area contributed by atoms with Gasteiger partial charge in [-0.1, -0.05) is 13.8 Å². The fourth-order valence-electron chi connectivity index (χ4n) is 3.22. The lowest BCUT2D eigenvalue weighted by atomic mass is 9.89. The molecule has 1 heterocycles. The quantitative estimate of drug-likeness (QED) is 0.743. The maximum Gasteiger partial charge on any atom is 0.0585 e. The van der Waals surface area contributed by atoms with E-state index in [-0.39, 0.29) is 0 Å².